The Morgan fingerprint density at radius 2 is 1.79 bits per heavy atom. The summed E-state index contributed by atoms with van der Waals surface area (Å²) >= 11 is 1.39. The number of esters is 1. The molecule has 3 aliphatic rings. The number of thioether (sulfide) groups is 1. The molecule has 0 aromatic heterocycles. The third-order valence-electron chi connectivity index (χ3n) is 7.36. The summed E-state index contributed by atoms with van der Waals surface area (Å²) in [4.78, 5) is 34.9. The van der Waals surface area contributed by atoms with Crippen molar-refractivity contribution in [1.82, 2.24) is 9.80 Å². The number of piperidine rings is 1. The van der Waals surface area contributed by atoms with Crippen molar-refractivity contribution in [3.05, 3.63) is 93.9 Å². The number of rotatable bonds is 7. The van der Waals surface area contributed by atoms with E-state index in [-0.39, 0.29) is 18.9 Å². The lowest BCUT2D eigenvalue weighted by Crippen LogP contribution is -2.41. The molecule has 0 saturated carbocycles. The Hall–Kier alpha value is -3.39. The van der Waals surface area contributed by atoms with Gasteiger partial charge in [0.2, 0.25) is 5.91 Å². The first-order valence-corrected chi connectivity index (χ1v) is 14.0. The molecule has 5 rings (SSSR count). The van der Waals surface area contributed by atoms with E-state index in [1.54, 1.807) is 32.0 Å². The third kappa shape index (κ3) is 5.41. The fraction of sp³-hybridized carbons (Fsp3) is 0.367. The number of aliphatic imine (C=N–C) groups is 1. The van der Waals surface area contributed by atoms with E-state index in [0.29, 0.717) is 33.6 Å². The smallest absolute Gasteiger partial charge is 0.338 e. The normalized spacial score (nSPS) is 19.7. The summed E-state index contributed by atoms with van der Waals surface area (Å²) < 4.78 is 20.5. The van der Waals surface area contributed by atoms with Gasteiger partial charge in [-0.1, -0.05) is 60.3 Å². The van der Waals surface area contributed by atoms with E-state index in [1.807, 2.05) is 21.3 Å². The molecule has 1 amide bonds. The number of ether oxygens (including phenoxy) is 1. The molecule has 0 bridgehead atoms. The number of nitrogens with zero attached hydrogens (tertiary/aromatic N) is 3. The van der Waals surface area contributed by atoms with Gasteiger partial charge in [0.25, 0.3) is 0 Å². The van der Waals surface area contributed by atoms with Crippen LogP contribution in [0.2, 0.25) is 0 Å². The molecule has 198 valence electrons. The number of carbonyl (C=O) groups excluding carboxylic acids is 2. The van der Waals surface area contributed by atoms with Crippen LogP contribution in [-0.4, -0.2) is 46.5 Å². The number of hydrogen-bond acceptors (Lipinski definition) is 6. The molecule has 3 aliphatic heterocycles. The van der Waals surface area contributed by atoms with Crippen LogP contribution in [0.5, 0.6) is 0 Å². The second-order valence-electron chi connectivity index (χ2n) is 9.83. The number of amidine groups is 1. The first-order valence-electron chi connectivity index (χ1n) is 13.1. The van der Waals surface area contributed by atoms with Crippen molar-refractivity contribution >= 4 is 28.8 Å². The van der Waals surface area contributed by atoms with E-state index in [2.05, 4.69) is 29.3 Å². The number of benzene rings is 2. The minimum atomic E-state index is -0.756. The third-order valence-corrected chi connectivity index (χ3v) is 8.25. The molecule has 0 aliphatic carbocycles. The van der Waals surface area contributed by atoms with Gasteiger partial charge >= 0.3 is 5.97 Å². The molecular weight excluding hydrogens is 501 g/mol. The van der Waals surface area contributed by atoms with Crippen LogP contribution < -0.4 is 0 Å². The quantitative estimate of drug-likeness (QED) is 0.419. The highest BCUT2D eigenvalue weighted by molar-refractivity contribution is 8.16. The molecule has 3 heterocycles. The SMILES string of the molecule is CCOC(=O)C1=C(C)N=C2SC=C(CC(=O)N3CCC(Cc4ccccc4)CC3)N2C1c1ccccc1F. The molecule has 0 N–H and O–H groups in total. The lowest BCUT2D eigenvalue weighted by molar-refractivity contribution is -0.139. The summed E-state index contributed by atoms with van der Waals surface area (Å²) in [5.74, 6) is -0.345. The Morgan fingerprint density at radius 1 is 1.08 bits per heavy atom. The van der Waals surface area contributed by atoms with Crippen LogP contribution in [0.4, 0.5) is 4.39 Å². The van der Waals surface area contributed by atoms with E-state index in [1.165, 1.54) is 23.4 Å². The lowest BCUT2D eigenvalue weighted by Gasteiger charge is -2.37. The summed E-state index contributed by atoms with van der Waals surface area (Å²) in [6.07, 6.45) is 3.13. The average molecular weight is 534 g/mol. The Balaban J connectivity index is 1.32. The molecule has 1 saturated heterocycles. The monoisotopic (exact) mass is 533 g/mol. The number of carbonyl (C=O) groups is 2. The van der Waals surface area contributed by atoms with E-state index in [0.717, 1.165) is 32.4 Å². The van der Waals surface area contributed by atoms with Gasteiger partial charge in [-0.15, -0.1) is 0 Å². The number of allylic oxidation sites excluding steroid dienone is 1. The zero-order valence-electron chi connectivity index (χ0n) is 21.7. The molecule has 6 nitrogen and oxygen atoms in total. The first kappa shape index (κ1) is 26.2. The topological polar surface area (TPSA) is 62.2 Å². The fourth-order valence-corrected chi connectivity index (χ4v) is 6.40. The first-order chi connectivity index (χ1) is 18.5. The van der Waals surface area contributed by atoms with Crippen LogP contribution in [0.25, 0.3) is 0 Å². The van der Waals surface area contributed by atoms with Crippen LogP contribution in [0.3, 0.4) is 0 Å². The lowest BCUT2D eigenvalue weighted by atomic mass is 9.90. The molecule has 8 heteroatoms. The molecule has 2 aromatic rings. The van der Waals surface area contributed by atoms with Gasteiger partial charge in [0.15, 0.2) is 5.17 Å². The molecule has 1 atom stereocenters. The van der Waals surface area contributed by atoms with Crippen LogP contribution in [0, 0.1) is 11.7 Å². The minimum Gasteiger partial charge on any atom is -0.463 e. The molecule has 1 unspecified atom stereocenters. The van der Waals surface area contributed by atoms with Gasteiger partial charge in [0, 0.05) is 24.4 Å². The van der Waals surface area contributed by atoms with Crippen molar-refractivity contribution in [3.8, 4) is 0 Å². The zero-order chi connectivity index (χ0) is 26.6. The molecule has 0 spiro atoms. The Morgan fingerprint density at radius 3 is 2.50 bits per heavy atom. The van der Waals surface area contributed by atoms with Crippen molar-refractivity contribution in [2.24, 2.45) is 10.9 Å². The number of fused-ring (bicyclic) bond motifs is 1. The van der Waals surface area contributed by atoms with Crippen molar-refractivity contribution in [2.75, 3.05) is 19.7 Å². The second kappa shape index (κ2) is 11.6. The predicted molar refractivity (Wildman–Crippen MR) is 147 cm³/mol. The van der Waals surface area contributed by atoms with Gasteiger partial charge in [0.05, 0.1) is 30.3 Å². The highest BCUT2D eigenvalue weighted by Crippen LogP contribution is 2.45. The van der Waals surface area contributed by atoms with Gasteiger partial charge in [-0.3, -0.25) is 4.79 Å². The highest BCUT2D eigenvalue weighted by atomic mass is 32.2. The Kier molecular flexibility index (Phi) is 7.98. The number of hydrogen-bond donors (Lipinski definition) is 0. The van der Waals surface area contributed by atoms with Crippen LogP contribution in [0.15, 0.2) is 82.0 Å². The highest BCUT2D eigenvalue weighted by Gasteiger charge is 2.42. The number of halogens is 1. The standard InChI is InChI=1S/C30H32FN3O3S/c1-3-37-29(36)27-20(2)32-30-34(28(27)24-11-7-8-12-25(24)31)23(19-38-30)18-26(35)33-15-13-22(14-16-33)17-21-9-5-4-6-10-21/h4-12,19,22,28H,3,13-18H2,1-2H3. The molecule has 38 heavy (non-hydrogen) atoms. The maximum Gasteiger partial charge on any atom is 0.338 e. The van der Waals surface area contributed by atoms with Crippen molar-refractivity contribution in [2.45, 2.75) is 45.6 Å². The minimum absolute atomic E-state index is 0.0347. The van der Waals surface area contributed by atoms with Crippen molar-refractivity contribution < 1.29 is 18.7 Å². The molecular formula is C30H32FN3O3S. The van der Waals surface area contributed by atoms with Crippen LogP contribution >= 0.6 is 11.8 Å². The fourth-order valence-electron chi connectivity index (χ4n) is 5.43. The van der Waals surface area contributed by atoms with Gasteiger partial charge in [-0.05, 0) is 56.1 Å². The predicted octanol–water partition coefficient (Wildman–Crippen LogP) is 5.84. The number of likely N-dealkylation sites (tertiary alicyclic amines) is 1. The van der Waals surface area contributed by atoms with Crippen LogP contribution in [0.1, 0.15) is 50.3 Å². The molecule has 1 fully saturated rings. The van der Waals surface area contributed by atoms with Gasteiger partial charge in [-0.25, -0.2) is 14.2 Å². The maximum atomic E-state index is 15.1. The summed E-state index contributed by atoms with van der Waals surface area (Å²) in [7, 11) is 0. The van der Waals surface area contributed by atoms with Gasteiger partial charge < -0.3 is 14.5 Å². The van der Waals surface area contributed by atoms with Gasteiger partial charge in [0.1, 0.15) is 5.82 Å². The number of amides is 1. The summed E-state index contributed by atoms with van der Waals surface area (Å²) in [5.41, 5.74) is 3.19. The largest absolute Gasteiger partial charge is 0.463 e. The van der Waals surface area contributed by atoms with E-state index >= 15 is 4.39 Å². The Labute approximate surface area is 227 Å². The molecule has 2 aromatic carbocycles. The van der Waals surface area contributed by atoms with E-state index < -0.39 is 17.8 Å². The Bertz CT molecular complexity index is 1300. The maximum absolute atomic E-state index is 15.1. The summed E-state index contributed by atoms with van der Waals surface area (Å²) in [6, 6.07) is 16.2. The zero-order valence-corrected chi connectivity index (χ0v) is 22.5. The van der Waals surface area contributed by atoms with Crippen molar-refractivity contribution in [3.63, 3.8) is 0 Å². The average Bonchev–Trinajstić information content (AvgIpc) is 3.31. The van der Waals surface area contributed by atoms with Crippen LogP contribution in [-0.2, 0) is 20.7 Å². The van der Waals surface area contributed by atoms with E-state index in [9.17, 15) is 9.59 Å². The molecule has 0 radical (unpaired) electrons. The second-order valence-corrected chi connectivity index (χ2v) is 10.7. The summed E-state index contributed by atoms with van der Waals surface area (Å²) in [5, 5.41) is 2.53. The van der Waals surface area contributed by atoms with Gasteiger partial charge in [-0.2, -0.15) is 0 Å². The van der Waals surface area contributed by atoms with Crippen molar-refractivity contribution in [1.29, 1.82) is 0 Å². The van der Waals surface area contributed by atoms with E-state index in [4.69, 9.17) is 4.74 Å². The summed E-state index contributed by atoms with van der Waals surface area (Å²) in [6.45, 7) is 5.13.